The van der Waals surface area contributed by atoms with Crippen molar-refractivity contribution in [2.45, 2.75) is 24.8 Å². The lowest BCUT2D eigenvalue weighted by atomic mass is 9.88. The van der Waals surface area contributed by atoms with Crippen LogP contribution in [0.1, 0.15) is 18.4 Å². The first-order valence-electron chi connectivity index (χ1n) is 6.89. The van der Waals surface area contributed by atoms with Crippen LogP contribution >= 0.6 is 0 Å². The van der Waals surface area contributed by atoms with Gasteiger partial charge < -0.3 is 24.6 Å². The van der Waals surface area contributed by atoms with Gasteiger partial charge in [-0.2, -0.15) is 0 Å². The molecule has 0 bridgehead atoms. The lowest BCUT2D eigenvalue weighted by molar-refractivity contribution is -0.144. The Kier molecular flexibility index (Phi) is 5.03. The van der Waals surface area contributed by atoms with Crippen LogP contribution < -0.4 is 14.8 Å². The van der Waals surface area contributed by atoms with Crippen molar-refractivity contribution in [1.29, 1.82) is 0 Å². The van der Waals surface area contributed by atoms with Crippen molar-refractivity contribution in [3.63, 3.8) is 0 Å². The molecule has 21 heavy (non-hydrogen) atoms. The molecule has 1 heterocycles. The second-order valence-electron chi connectivity index (χ2n) is 5.08. The first-order valence-corrected chi connectivity index (χ1v) is 6.89. The third-order valence-corrected chi connectivity index (χ3v) is 3.77. The second kappa shape index (κ2) is 6.78. The zero-order valence-corrected chi connectivity index (χ0v) is 12.3. The first-order chi connectivity index (χ1) is 10.1. The van der Waals surface area contributed by atoms with Gasteiger partial charge in [-0.05, 0) is 31.5 Å². The molecule has 1 aliphatic heterocycles. The van der Waals surface area contributed by atoms with Crippen molar-refractivity contribution in [3.8, 4) is 11.5 Å². The van der Waals surface area contributed by atoms with E-state index in [0.29, 0.717) is 30.9 Å². The van der Waals surface area contributed by atoms with Gasteiger partial charge in [-0.1, -0.05) is 6.07 Å². The molecule has 1 aromatic rings. The van der Waals surface area contributed by atoms with E-state index in [1.165, 1.54) is 7.11 Å². The normalized spacial score (nSPS) is 21.2. The van der Waals surface area contributed by atoms with Gasteiger partial charge in [0.15, 0.2) is 6.79 Å². The Labute approximate surface area is 124 Å². The monoisotopic (exact) mass is 295 g/mol. The quantitative estimate of drug-likeness (QED) is 0.741. The minimum atomic E-state index is -0.959. The number of aliphatic carboxylic acids is 1. The molecular weight excluding hydrogens is 274 g/mol. The molecule has 6 nitrogen and oxygen atoms in total. The van der Waals surface area contributed by atoms with E-state index >= 15 is 0 Å². The predicted molar refractivity (Wildman–Crippen MR) is 76.8 cm³/mol. The van der Waals surface area contributed by atoms with Gasteiger partial charge in [-0.25, -0.2) is 0 Å². The van der Waals surface area contributed by atoms with Gasteiger partial charge >= 0.3 is 5.97 Å². The Bertz CT molecular complexity index is 497. The fourth-order valence-electron chi connectivity index (χ4n) is 2.69. The molecule has 0 aromatic heterocycles. The van der Waals surface area contributed by atoms with Gasteiger partial charge in [0, 0.05) is 19.1 Å². The summed E-state index contributed by atoms with van der Waals surface area (Å²) in [5, 5.41) is 12.7. The summed E-state index contributed by atoms with van der Waals surface area (Å²) < 4.78 is 15.8. The molecule has 0 aliphatic carbocycles. The number of benzene rings is 1. The summed E-state index contributed by atoms with van der Waals surface area (Å²) in [6.07, 6.45) is 1.74. The maximum Gasteiger partial charge on any atom is 0.324 e. The molecule has 0 spiro atoms. The molecule has 0 unspecified atom stereocenters. The second-order valence-corrected chi connectivity index (χ2v) is 5.08. The van der Waals surface area contributed by atoms with Crippen molar-refractivity contribution >= 4 is 5.97 Å². The van der Waals surface area contributed by atoms with Crippen LogP contribution in [-0.2, 0) is 16.0 Å². The summed E-state index contributed by atoms with van der Waals surface area (Å²) in [5.74, 6) is 0.368. The van der Waals surface area contributed by atoms with Gasteiger partial charge in [-0.15, -0.1) is 0 Å². The van der Waals surface area contributed by atoms with Crippen LogP contribution in [0.15, 0.2) is 18.2 Å². The zero-order chi connectivity index (χ0) is 15.3. The van der Waals surface area contributed by atoms with Crippen molar-refractivity contribution < 1.29 is 24.1 Å². The Morgan fingerprint density at radius 2 is 2.14 bits per heavy atom. The average molecular weight is 295 g/mol. The molecule has 1 atom stereocenters. The average Bonchev–Trinajstić information content (AvgIpc) is 2.96. The molecule has 0 radical (unpaired) electrons. The van der Waals surface area contributed by atoms with Crippen LogP contribution in [0.4, 0.5) is 0 Å². The van der Waals surface area contributed by atoms with Crippen molar-refractivity contribution in [3.05, 3.63) is 23.8 Å². The molecule has 1 fully saturated rings. The molecule has 2 rings (SSSR count). The van der Waals surface area contributed by atoms with Crippen LogP contribution in [0.3, 0.4) is 0 Å². The number of nitrogens with one attached hydrogen (secondary N) is 1. The molecule has 6 heteroatoms. The molecule has 2 N–H and O–H groups in total. The smallest absolute Gasteiger partial charge is 0.324 e. The molecule has 1 aliphatic rings. The van der Waals surface area contributed by atoms with Gasteiger partial charge in [0.2, 0.25) is 0 Å². The van der Waals surface area contributed by atoms with Crippen molar-refractivity contribution in [2.24, 2.45) is 0 Å². The summed E-state index contributed by atoms with van der Waals surface area (Å²) >= 11 is 0. The number of hydrogen-bond acceptors (Lipinski definition) is 5. The highest BCUT2D eigenvalue weighted by Crippen LogP contribution is 2.35. The van der Waals surface area contributed by atoms with E-state index < -0.39 is 11.5 Å². The first kappa shape index (κ1) is 15.6. The van der Waals surface area contributed by atoms with E-state index in [4.69, 9.17) is 14.2 Å². The van der Waals surface area contributed by atoms with E-state index in [0.717, 1.165) is 12.0 Å². The molecule has 1 aromatic carbocycles. The third kappa shape index (κ3) is 3.28. The van der Waals surface area contributed by atoms with Crippen molar-refractivity contribution in [1.82, 2.24) is 5.32 Å². The fraction of sp³-hybridized carbons (Fsp3) is 0.533. The summed E-state index contributed by atoms with van der Waals surface area (Å²) in [6, 6.07) is 5.41. The summed E-state index contributed by atoms with van der Waals surface area (Å²) in [6.45, 7) is 0.809. The Morgan fingerprint density at radius 3 is 2.71 bits per heavy atom. The molecule has 0 amide bonds. The van der Waals surface area contributed by atoms with E-state index in [-0.39, 0.29) is 6.79 Å². The summed E-state index contributed by atoms with van der Waals surface area (Å²) in [7, 11) is 3.10. The number of carboxylic acid groups (broad SMARTS) is 1. The van der Waals surface area contributed by atoms with Gasteiger partial charge in [-0.3, -0.25) is 4.79 Å². The highest BCUT2D eigenvalue weighted by Gasteiger charge is 2.42. The molecule has 0 saturated carbocycles. The maximum absolute atomic E-state index is 11.7. The Balaban J connectivity index is 2.34. The SMILES string of the molecule is COCOc1cccc(OC)c1C[C@@]1(C(=O)O)CCCN1. The maximum atomic E-state index is 11.7. The number of carbonyl (C=O) groups is 1. The molecule has 1 saturated heterocycles. The van der Waals surface area contributed by atoms with Crippen LogP contribution in [0, 0.1) is 0 Å². The summed E-state index contributed by atoms with van der Waals surface area (Å²) in [5.41, 5.74) is -0.214. The van der Waals surface area contributed by atoms with Crippen LogP contribution in [0.25, 0.3) is 0 Å². The highest BCUT2D eigenvalue weighted by molar-refractivity contribution is 5.80. The van der Waals surface area contributed by atoms with Crippen molar-refractivity contribution in [2.75, 3.05) is 27.6 Å². The molecule has 116 valence electrons. The number of methoxy groups -OCH3 is 2. The topological polar surface area (TPSA) is 77.0 Å². The van der Waals surface area contributed by atoms with E-state index in [1.807, 2.05) is 6.07 Å². The number of hydrogen-bond donors (Lipinski definition) is 2. The number of ether oxygens (including phenoxy) is 3. The fourth-order valence-corrected chi connectivity index (χ4v) is 2.69. The minimum absolute atomic E-state index is 0.105. The zero-order valence-electron chi connectivity index (χ0n) is 12.3. The Hall–Kier alpha value is -1.79. The Morgan fingerprint density at radius 1 is 1.38 bits per heavy atom. The van der Waals surface area contributed by atoms with E-state index in [1.54, 1.807) is 19.2 Å². The van der Waals surface area contributed by atoms with E-state index in [2.05, 4.69) is 5.32 Å². The third-order valence-electron chi connectivity index (χ3n) is 3.77. The minimum Gasteiger partial charge on any atom is -0.496 e. The van der Waals surface area contributed by atoms with Gasteiger partial charge in [0.1, 0.15) is 17.0 Å². The molecular formula is C15H21NO5. The van der Waals surface area contributed by atoms with Gasteiger partial charge in [0.25, 0.3) is 0 Å². The number of rotatable bonds is 7. The highest BCUT2D eigenvalue weighted by atomic mass is 16.7. The predicted octanol–water partition coefficient (Wildman–Crippen LogP) is 1.43. The van der Waals surface area contributed by atoms with Crippen LogP contribution in [-0.4, -0.2) is 44.2 Å². The van der Waals surface area contributed by atoms with E-state index in [9.17, 15) is 9.90 Å². The van der Waals surface area contributed by atoms with Crippen LogP contribution in [0.2, 0.25) is 0 Å². The summed E-state index contributed by atoms with van der Waals surface area (Å²) in [4.78, 5) is 11.7. The number of carboxylic acids is 1. The lowest BCUT2D eigenvalue weighted by Gasteiger charge is -2.26. The largest absolute Gasteiger partial charge is 0.496 e. The lowest BCUT2D eigenvalue weighted by Crippen LogP contribution is -2.49. The van der Waals surface area contributed by atoms with Crippen LogP contribution in [0.5, 0.6) is 11.5 Å². The van der Waals surface area contributed by atoms with Gasteiger partial charge in [0.05, 0.1) is 7.11 Å². The standard InChI is InChI=1S/C15H21NO5/c1-19-10-21-13-6-3-5-12(20-2)11(13)9-15(14(17)18)7-4-8-16-15/h3,5-6,16H,4,7-10H2,1-2H3,(H,17,18)/t15-/m1/s1.